The first-order valence-electron chi connectivity index (χ1n) is 10.0. The highest BCUT2D eigenvalue weighted by Crippen LogP contribution is 2.43. The molecule has 0 aromatic heterocycles. The monoisotopic (exact) mass is 407 g/mol. The Bertz CT molecular complexity index is 1080. The van der Waals surface area contributed by atoms with E-state index in [9.17, 15) is 19.2 Å². The molecular weight excluding hydrogens is 386 g/mol. The molecule has 8 nitrogen and oxygen atoms in total. The van der Waals surface area contributed by atoms with Crippen molar-refractivity contribution in [1.82, 2.24) is 9.80 Å². The summed E-state index contributed by atoms with van der Waals surface area (Å²) in [6, 6.07) is 11.7. The molecule has 3 saturated heterocycles. The molecule has 2 aromatic carbocycles. The van der Waals surface area contributed by atoms with Crippen LogP contribution in [0.5, 0.6) is 0 Å². The number of hydrogen-bond acceptors (Lipinski definition) is 5. The summed E-state index contributed by atoms with van der Waals surface area (Å²) in [6.07, 6.45) is 0.639. The van der Waals surface area contributed by atoms with E-state index < -0.39 is 12.0 Å². The average Bonchev–Trinajstić information content (AvgIpc) is 3.43. The van der Waals surface area contributed by atoms with Crippen LogP contribution < -0.4 is 4.90 Å². The Balaban J connectivity index is 1.42. The molecule has 5 rings (SSSR count). The molecule has 3 fully saturated rings. The number of nitrogens with zero attached hydrogens (tertiary/aromatic N) is 3. The van der Waals surface area contributed by atoms with E-state index in [2.05, 4.69) is 4.74 Å². The van der Waals surface area contributed by atoms with Gasteiger partial charge in [0.15, 0.2) is 0 Å². The number of esters is 1. The summed E-state index contributed by atoms with van der Waals surface area (Å²) in [5.74, 6) is -0.922. The van der Waals surface area contributed by atoms with E-state index in [4.69, 9.17) is 0 Å². The minimum absolute atomic E-state index is 0.00656. The second-order valence-electron chi connectivity index (χ2n) is 7.89. The fourth-order valence-corrected chi connectivity index (χ4v) is 5.02. The molecule has 0 radical (unpaired) electrons. The normalized spacial score (nSPS) is 24.7. The lowest BCUT2D eigenvalue weighted by molar-refractivity contribution is -0.144. The number of likely N-dealkylation sites (tertiary alicyclic amines) is 1. The van der Waals surface area contributed by atoms with Crippen LogP contribution in [-0.4, -0.2) is 65.4 Å². The number of fused-ring (bicyclic) bond motifs is 6. The van der Waals surface area contributed by atoms with Gasteiger partial charge in [-0.25, -0.2) is 9.69 Å². The number of urea groups is 1. The van der Waals surface area contributed by atoms with Crippen molar-refractivity contribution < 1.29 is 23.9 Å². The molecule has 3 aliphatic rings. The topological polar surface area (TPSA) is 87.2 Å². The Morgan fingerprint density at radius 1 is 1.07 bits per heavy atom. The number of amides is 4. The lowest BCUT2D eigenvalue weighted by Gasteiger charge is -2.34. The first-order valence-corrected chi connectivity index (χ1v) is 10.0. The maximum absolute atomic E-state index is 13.4. The number of methoxy groups -OCH3 is 1. The van der Waals surface area contributed by atoms with Crippen LogP contribution in [0, 0.1) is 0 Å². The molecule has 2 unspecified atom stereocenters. The first kappa shape index (κ1) is 18.6. The maximum atomic E-state index is 13.4. The van der Waals surface area contributed by atoms with Gasteiger partial charge in [-0.15, -0.1) is 0 Å². The predicted molar refractivity (Wildman–Crippen MR) is 108 cm³/mol. The van der Waals surface area contributed by atoms with E-state index in [1.165, 1.54) is 12.0 Å². The van der Waals surface area contributed by atoms with Crippen LogP contribution in [0.25, 0.3) is 10.8 Å². The number of ether oxygens (including phenoxy) is 1. The third kappa shape index (κ3) is 2.59. The van der Waals surface area contributed by atoms with E-state index in [0.717, 1.165) is 10.8 Å². The minimum atomic E-state index is -0.669. The van der Waals surface area contributed by atoms with E-state index in [0.29, 0.717) is 18.7 Å². The molecule has 2 bridgehead atoms. The van der Waals surface area contributed by atoms with Crippen molar-refractivity contribution in [2.75, 3.05) is 18.6 Å². The standard InChI is InChI=1S/C22H21N3O5/c1-30-19(27)10-9-18(26)23-12-14-11-17(23)20-21(28)25(22(29)24(14)20)16-8-4-6-13-5-2-3-7-15(13)16/h2-8,14,17,20H,9-12H2,1H3/t14-,17?,20?/m1/s1. The quantitative estimate of drug-likeness (QED) is 0.571. The molecule has 3 heterocycles. The summed E-state index contributed by atoms with van der Waals surface area (Å²) < 4.78 is 4.60. The Labute approximate surface area is 173 Å². The summed E-state index contributed by atoms with van der Waals surface area (Å²) in [7, 11) is 1.28. The van der Waals surface area contributed by atoms with E-state index in [1.54, 1.807) is 15.9 Å². The summed E-state index contributed by atoms with van der Waals surface area (Å²) in [5, 5.41) is 1.78. The van der Waals surface area contributed by atoms with Crippen LogP contribution in [0.1, 0.15) is 19.3 Å². The van der Waals surface area contributed by atoms with Gasteiger partial charge < -0.3 is 14.5 Å². The SMILES string of the molecule is COC(=O)CCC(=O)N1C[C@H]2CC1C1C(=O)N(c3cccc4ccccc34)C(=O)N12. The van der Waals surface area contributed by atoms with Crippen molar-refractivity contribution in [3.63, 3.8) is 0 Å². The molecule has 8 heteroatoms. The van der Waals surface area contributed by atoms with Gasteiger partial charge in [0.25, 0.3) is 5.91 Å². The fraction of sp³-hybridized carbons (Fsp3) is 0.364. The van der Waals surface area contributed by atoms with Crippen molar-refractivity contribution in [3.05, 3.63) is 42.5 Å². The Morgan fingerprint density at radius 2 is 1.83 bits per heavy atom. The third-order valence-corrected chi connectivity index (χ3v) is 6.36. The third-order valence-electron chi connectivity index (χ3n) is 6.36. The van der Waals surface area contributed by atoms with E-state index in [1.807, 2.05) is 36.4 Å². The van der Waals surface area contributed by atoms with Gasteiger partial charge in [-0.05, 0) is 17.9 Å². The molecule has 2 aromatic rings. The predicted octanol–water partition coefficient (Wildman–Crippen LogP) is 1.91. The van der Waals surface area contributed by atoms with Gasteiger partial charge in [-0.2, -0.15) is 0 Å². The zero-order valence-corrected chi connectivity index (χ0v) is 16.5. The van der Waals surface area contributed by atoms with Crippen LogP contribution in [0.2, 0.25) is 0 Å². The minimum Gasteiger partial charge on any atom is -0.469 e. The molecule has 30 heavy (non-hydrogen) atoms. The molecule has 0 spiro atoms. The highest BCUT2D eigenvalue weighted by atomic mass is 16.5. The Hall–Kier alpha value is -3.42. The summed E-state index contributed by atoms with van der Waals surface area (Å²) in [4.78, 5) is 55.2. The largest absolute Gasteiger partial charge is 0.469 e. The van der Waals surface area contributed by atoms with Gasteiger partial charge in [0.1, 0.15) is 6.04 Å². The van der Waals surface area contributed by atoms with Crippen molar-refractivity contribution >= 4 is 40.3 Å². The first-order chi connectivity index (χ1) is 14.5. The lowest BCUT2D eigenvalue weighted by atomic mass is 10.1. The van der Waals surface area contributed by atoms with E-state index >= 15 is 0 Å². The summed E-state index contributed by atoms with van der Waals surface area (Å²) in [5.41, 5.74) is 0.570. The van der Waals surface area contributed by atoms with Gasteiger partial charge >= 0.3 is 12.0 Å². The number of carbonyl (C=O) groups is 4. The van der Waals surface area contributed by atoms with Crippen LogP contribution in [0.15, 0.2) is 42.5 Å². The highest BCUT2D eigenvalue weighted by Gasteiger charge is 2.62. The number of rotatable bonds is 4. The van der Waals surface area contributed by atoms with Crippen LogP contribution in [0.3, 0.4) is 0 Å². The Kier molecular flexibility index (Phi) is 4.23. The average molecular weight is 407 g/mol. The molecule has 4 amide bonds. The van der Waals surface area contributed by atoms with Crippen molar-refractivity contribution in [3.8, 4) is 0 Å². The number of benzene rings is 2. The number of hydrogen-bond donors (Lipinski definition) is 0. The van der Waals surface area contributed by atoms with Crippen molar-refractivity contribution in [1.29, 1.82) is 0 Å². The van der Waals surface area contributed by atoms with E-state index in [-0.39, 0.29) is 42.8 Å². The zero-order chi connectivity index (χ0) is 21.0. The maximum Gasteiger partial charge on any atom is 0.332 e. The van der Waals surface area contributed by atoms with Gasteiger partial charge in [0, 0.05) is 18.4 Å². The smallest absolute Gasteiger partial charge is 0.332 e. The lowest BCUT2D eigenvalue weighted by Crippen LogP contribution is -2.54. The fourth-order valence-electron chi connectivity index (χ4n) is 5.02. The molecule has 0 saturated carbocycles. The van der Waals surface area contributed by atoms with Crippen LogP contribution in [-0.2, 0) is 19.1 Å². The zero-order valence-electron chi connectivity index (χ0n) is 16.5. The van der Waals surface area contributed by atoms with Gasteiger partial charge in [-0.3, -0.25) is 14.4 Å². The van der Waals surface area contributed by atoms with Gasteiger partial charge in [-0.1, -0.05) is 36.4 Å². The number of piperazine rings is 1. The molecule has 3 atom stereocenters. The molecule has 0 aliphatic carbocycles. The van der Waals surface area contributed by atoms with Crippen molar-refractivity contribution in [2.24, 2.45) is 0 Å². The molecule has 0 N–H and O–H groups in total. The van der Waals surface area contributed by atoms with Gasteiger partial charge in [0.05, 0.1) is 31.3 Å². The second kappa shape index (κ2) is 6.83. The Morgan fingerprint density at radius 3 is 2.63 bits per heavy atom. The molecule has 3 aliphatic heterocycles. The number of anilines is 1. The molecular formula is C22H21N3O5. The summed E-state index contributed by atoms with van der Waals surface area (Å²) in [6.45, 7) is 0.392. The number of imide groups is 1. The molecule has 154 valence electrons. The summed E-state index contributed by atoms with van der Waals surface area (Å²) >= 11 is 0. The van der Waals surface area contributed by atoms with Crippen molar-refractivity contribution in [2.45, 2.75) is 37.4 Å². The number of carbonyl (C=O) groups excluding carboxylic acids is 4. The van der Waals surface area contributed by atoms with Crippen LogP contribution >= 0.6 is 0 Å². The van der Waals surface area contributed by atoms with Crippen LogP contribution in [0.4, 0.5) is 10.5 Å². The second-order valence-corrected chi connectivity index (χ2v) is 7.89. The van der Waals surface area contributed by atoms with Gasteiger partial charge in [0.2, 0.25) is 5.91 Å². The highest BCUT2D eigenvalue weighted by molar-refractivity contribution is 6.25.